The van der Waals surface area contributed by atoms with E-state index < -0.39 is 33.2 Å². The minimum absolute atomic E-state index is 0.128. The zero-order valence-corrected chi connectivity index (χ0v) is 70.1. The van der Waals surface area contributed by atoms with E-state index >= 15 is 0 Å². The smallest absolute Gasteiger partial charge is 0.123 e. The minimum atomic E-state index is -1.26. The van der Waals surface area contributed by atoms with E-state index in [2.05, 4.69) is 325 Å². The van der Waals surface area contributed by atoms with E-state index in [-0.39, 0.29) is 60.7 Å². The van der Waals surface area contributed by atoms with E-state index in [0.29, 0.717) is 17.2 Å². The molecule has 6 heteroatoms. The molecule has 0 saturated carbocycles. The Morgan fingerprint density at radius 3 is 0.796 bits per heavy atom. The summed E-state index contributed by atoms with van der Waals surface area (Å²) in [5.74, 6) is 1.05. The number of hydrogen-bond acceptors (Lipinski definition) is 6. The number of hydrogen-bond donors (Lipinski definition) is 6. The van der Waals surface area contributed by atoms with Crippen LogP contribution in [0.2, 0.25) is 0 Å². The molecule has 546 valence electrons. The van der Waals surface area contributed by atoms with Gasteiger partial charge in [0.25, 0.3) is 0 Å². The second-order valence-electron chi connectivity index (χ2n) is 42.5. The van der Waals surface area contributed by atoms with Crippen LogP contribution in [-0.2, 0) is 62.6 Å². The predicted molar refractivity (Wildman–Crippen MR) is 422 cm³/mol. The van der Waals surface area contributed by atoms with Crippen LogP contribution < -0.4 is 0 Å². The average Bonchev–Trinajstić information content (AvgIpc) is 0.685. The molecule has 3 unspecified atom stereocenters. The second kappa shape index (κ2) is 26.7. The lowest BCUT2D eigenvalue weighted by atomic mass is 9.47. The van der Waals surface area contributed by atoms with Gasteiger partial charge in [0.05, 0.1) is 5.60 Å². The lowest BCUT2D eigenvalue weighted by molar-refractivity contribution is -0.110. The summed E-state index contributed by atoms with van der Waals surface area (Å²) >= 11 is 0. The molecule has 0 bridgehead atoms. The molecule has 98 heavy (non-hydrogen) atoms. The van der Waals surface area contributed by atoms with Crippen molar-refractivity contribution in [3.63, 3.8) is 0 Å². The third-order valence-corrected chi connectivity index (χ3v) is 21.3. The van der Waals surface area contributed by atoms with Crippen LogP contribution in [0, 0.1) is 48.3 Å². The minimum Gasteiger partial charge on any atom is -0.508 e. The molecule has 6 nitrogen and oxygen atoms in total. The van der Waals surface area contributed by atoms with Crippen molar-refractivity contribution >= 4 is 0 Å². The van der Waals surface area contributed by atoms with Gasteiger partial charge in [-0.3, -0.25) is 0 Å². The van der Waals surface area contributed by atoms with Crippen LogP contribution in [-0.4, -0.2) is 36.2 Å². The summed E-state index contributed by atoms with van der Waals surface area (Å²) < 4.78 is 0. The highest BCUT2D eigenvalue weighted by molar-refractivity contribution is 5.62. The third kappa shape index (κ3) is 17.2. The standard InChI is InChI=1S/C54H78O3.C38H64O3/c1-31-37(22-34-25-40(49(4,5)6)46(55)41(26-34)50(7,8)9)32(2)39(24-36-29-44(53(16,17)18)48(57)45(30-36)54(19,20)21)33(3)38(31)23-35-27-42(51(10,11)12)47(56)43(28-35)52(13,14)15;1-22(24-20-23(32(2,3)4)21-25(28(24)39)33(5,6)7)26-29(40)27(34(8,9)10)31(36(14,15)16)38(41,37(17,18)19)30(26)35(11,12)13/h25-30,55-57H,22-24H2,1-21H3;20-22,30,39-41H,1-19H3. The number of aliphatic hydroxyl groups excluding tert-OH is 1. The van der Waals surface area contributed by atoms with Crippen molar-refractivity contribution in [3.8, 4) is 23.0 Å². The molecule has 0 saturated heterocycles. The van der Waals surface area contributed by atoms with Crippen molar-refractivity contribution in [2.75, 3.05) is 0 Å². The number of rotatable bonds is 8. The molecule has 3 atom stereocenters. The van der Waals surface area contributed by atoms with Crippen LogP contribution >= 0.6 is 0 Å². The number of phenolic OH excluding ortho intramolecular Hbond substituents is 4. The SMILES string of the molecule is CC(C1=C(O)C(C(C)(C)C)=C(C(C)(C)C)C(O)(C(C)(C)C)C1C(C)(C)C)c1cc(C(C)(C)C)cc(C(C)(C)C)c1O.Cc1c(Cc2cc(C(C)(C)C)c(O)c(C(C)(C)C)c2)c(C)c(Cc2cc(C(C)(C)C)c(O)c(C(C)(C)C)c2)c(C)c1Cc1cc(C(C)(C)C)c(O)c(C(C)(C)C)c1. The fourth-order valence-electron chi connectivity index (χ4n) is 15.8. The van der Waals surface area contributed by atoms with Gasteiger partial charge in [0.1, 0.15) is 28.8 Å². The van der Waals surface area contributed by atoms with E-state index in [1.165, 1.54) is 50.1 Å². The van der Waals surface area contributed by atoms with Gasteiger partial charge in [0.2, 0.25) is 0 Å². The Balaban J connectivity index is 0.000000374. The Labute approximate surface area is 600 Å². The van der Waals surface area contributed by atoms with Crippen molar-refractivity contribution < 1.29 is 30.6 Å². The van der Waals surface area contributed by atoms with Crippen LogP contribution in [0.4, 0.5) is 0 Å². The number of aliphatic hydroxyl groups is 2. The van der Waals surface area contributed by atoms with Gasteiger partial charge in [-0.25, -0.2) is 0 Å². The molecule has 6 rings (SSSR count). The zero-order chi connectivity index (χ0) is 76.4. The van der Waals surface area contributed by atoms with Gasteiger partial charge in [-0.15, -0.1) is 0 Å². The van der Waals surface area contributed by atoms with Gasteiger partial charge in [-0.2, -0.15) is 0 Å². The van der Waals surface area contributed by atoms with E-state index in [1.807, 2.05) is 0 Å². The Hall–Kier alpha value is -5.46. The molecule has 0 spiro atoms. The van der Waals surface area contributed by atoms with Crippen LogP contribution in [0.3, 0.4) is 0 Å². The van der Waals surface area contributed by atoms with Gasteiger partial charge in [0, 0.05) is 23.0 Å². The highest BCUT2D eigenvalue weighted by Gasteiger charge is 2.62. The number of allylic oxidation sites excluding steroid dienone is 1. The summed E-state index contributed by atoms with van der Waals surface area (Å²) in [5, 5.41) is 72.7. The van der Waals surface area contributed by atoms with Crippen LogP contribution in [0.25, 0.3) is 0 Å². The van der Waals surface area contributed by atoms with Crippen LogP contribution in [0.5, 0.6) is 23.0 Å². The maximum absolute atomic E-state index is 13.4. The molecule has 0 aromatic heterocycles. The van der Waals surface area contributed by atoms with E-state index in [4.69, 9.17) is 0 Å². The normalized spacial score (nSPS) is 17.4. The molecule has 0 radical (unpaired) electrons. The average molecular weight is 1340 g/mol. The highest BCUT2D eigenvalue weighted by Crippen LogP contribution is 2.64. The summed E-state index contributed by atoms with van der Waals surface area (Å²) in [6, 6.07) is 17.7. The van der Waals surface area contributed by atoms with Crippen molar-refractivity contribution in [1.82, 2.24) is 0 Å². The van der Waals surface area contributed by atoms with Crippen molar-refractivity contribution in [2.24, 2.45) is 27.6 Å². The molecule has 1 aliphatic rings. The number of aromatic hydroxyl groups is 4. The summed E-state index contributed by atoms with van der Waals surface area (Å²) in [5.41, 5.74) is 18.0. The first-order valence-corrected chi connectivity index (χ1v) is 36.9. The first-order chi connectivity index (χ1) is 43.3. The van der Waals surface area contributed by atoms with Crippen LogP contribution in [0.15, 0.2) is 71.0 Å². The summed E-state index contributed by atoms with van der Waals surface area (Å²) in [7, 11) is 0. The molecule has 0 fully saturated rings. The van der Waals surface area contributed by atoms with Gasteiger partial charge >= 0.3 is 0 Å². The first kappa shape index (κ1) is 83.2. The molecular formula is C92H142O6. The number of phenols is 4. The van der Waals surface area contributed by atoms with Gasteiger partial charge in [-0.05, 0) is 211 Å². The molecule has 0 amide bonds. The van der Waals surface area contributed by atoms with Crippen molar-refractivity contribution in [3.05, 3.63) is 171 Å². The summed E-state index contributed by atoms with van der Waals surface area (Å²) in [6.07, 6.45) is 2.24. The fourth-order valence-corrected chi connectivity index (χ4v) is 15.8. The number of benzene rings is 5. The fraction of sp³-hybridized carbons (Fsp3) is 0.630. The highest BCUT2D eigenvalue weighted by atomic mass is 16.3. The maximum Gasteiger partial charge on any atom is 0.123 e. The first-order valence-electron chi connectivity index (χ1n) is 36.9. The molecule has 0 aliphatic heterocycles. The lowest BCUT2D eigenvalue weighted by Crippen LogP contribution is -2.60. The zero-order valence-electron chi connectivity index (χ0n) is 70.1. The quantitative estimate of drug-likeness (QED) is 0.0921. The molecule has 5 aromatic carbocycles. The molecular weight excluding hydrogens is 1200 g/mol. The summed E-state index contributed by atoms with van der Waals surface area (Å²) in [6.45, 7) is 87.0. The van der Waals surface area contributed by atoms with E-state index in [1.54, 1.807) is 0 Å². The van der Waals surface area contributed by atoms with E-state index in [0.717, 1.165) is 86.1 Å². The second-order valence-corrected chi connectivity index (χ2v) is 42.5. The molecule has 0 heterocycles. The lowest BCUT2D eigenvalue weighted by Gasteiger charge is -2.59. The van der Waals surface area contributed by atoms with Crippen LogP contribution in [0.1, 0.15) is 362 Å². The van der Waals surface area contributed by atoms with Gasteiger partial charge in [0.15, 0.2) is 0 Å². The maximum atomic E-state index is 13.4. The van der Waals surface area contributed by atoms with Crippen molar-refractivity contribution in [2.45, 2.75) is 351 Å². The van der Waals surface area contributed by atoms with Gasteiger partial charge in [-0.1, -0.05) is 305 Å². The largest absolute Gasteiger partial charge is 0.508 e. The summed E-state index contributed by atoms with van der Waals surface area (Å²) in [4.78, 5) is 0. The molecule has 1 aliphatic carbocycles. The predicted octanol–water partition coefficient (Wildman–Crippen LogP) is 25.0. The monoisotopic (exact) mass is 1340 g/mol. The van der Waals surface area contributed by atoms with E-state index in [9.17, 15) is 30.6 Å². The van der Waals surface area contributed by atoms with Gasteiger partial charge < -0.3 is 30.6 Å². The topological polar surface area (TPSA) is 121 Å². The Morgan fingerprint density at radius 2 is 0.592 bits per heavy atom. The van der Waals surface area contributed by atoms with Crippen molar-refractivity contribution in [1.29, 1.82) is 0 Å². The Bertz CT molecular complexity index is 3480. The molecule has 6 N–H and O–H groups in total. The Morgan fingerprint density at radius 1 is 0.337 bits per heavy atom. The molecule has 5 aromatic rings. The Kier molecular flexibility index (Phi) is 22.7. The third-order valence-electron chi connectivity index (χ3n) is 21.3.